The van der Waals surface area contributed by atoms with Gasteiger partial charge in [0.2, 0.25) is 0 Å². The fourth-order valence-electron chi connectivity index (χ4n) is 1.99. The number of hydrogen-bond acceptors (Lipinski definition) is 2. The molecule has 0 aliphatic rings. The van der Waals surface area contributed by atoms with Crippen molar-refractivity contribution in [1.29, 1.82) is 0 Å². The summed E-state index contributed by atoms with van der Waals surface area (Å²) in [6, 6.07) is 12.4. The molecule has 0 bridgehead atoms. The molecule has 0 N–H and O–H groups in total. The third kappa shape index (κ3) is 2.27. The highest BCUT2D eigenvalue weighted by atomic mass is 19.1. The van der Waals surface area contributed by atoms with Gasteiger partial charge < -0.3 is 4.74 Å². The van der Waals surface area contributed by atoms with E-state index in [0.29, 0.717) is 5.75 Å². The van der Waals surface area contributed by atoms with E-state index in [4.69, 9.17) is 4.74 Å². The summed E-state index contributed by atoms with van der Waals surface area (Å²) < 4.78 is 19.5. The van der Waals surface area contributed by atoms with Crippen LogP contribution in [0.2, 0.25) is 0 Å². The number of pyridine rings is 1. The molecule has 3 heteroatoms. The number of aryl methyl sites for hydroxylation is 1. The van der Waals surface area contributed by atoms with Crippen molar-refractivity contribution in [2.45, 2.75) is 6.92 Å². The molecule has 3 rings (SSSR count). The first-order valence-electron chi connectivity index (χ1n) is 6.01. The maximum atomic E-state index is 13.8. The first-order chi connectivity index (χ1) is 9.24. The molecule has 0 saturated heterocycles. The smallest absolute Gasteiger partial charge is 0.165 e. The van der Waals surface area contributed by atoms with E-state index in [-0.39, 0.29) is 11.6 Å². The molecule has 0 unspecified atom stereocenters. The average Bonchev–Trinajstić information content (AvgIpc) is 2.42. The standard InChI is InChI=1S/C16H12FNO/c1-11-5-6-16(14(17)9-11)19-15-4-2-3-12-10-18-8-7-13(12)15/h2-10H,1H3. The Hall–Kier alpha value is -2.42. The highest BCUT2D eigenvalue weighted by Crippen LogP contribution is 2.30. The molecular formula is C16H12FNO. The normalized spacial score (nSPS) is 10.6. The first kappa shape index (κ1) is 11.7. The third-order valence-electron chi connectivity index (χ3n) is 2.95. The van der Waals surface area contributed by atoms with Crippen molar-refractivity contribution < 1.29 is 9.13 Å². The second-order valence-corrected chi connectivity index (χ2v) is 4.39. The number of rotatable bonds is 2. The molecule has 0 saturated carbocycles. The molecule has 0 aliphatic heterocycles. The largest absolute Gasteiger partial charge is 0.454 e. The van der Waals surface area contributed by atoms with Crippen LogP contribution in [-0.4, -0.2) is 4.98 Å². The number of aromatic nitrogens is 1. The zero-order valence-corrected chi connectivity index (χ0v) is 10.4. The number of halogens is 1. The molecule has 0 amide bonds. The van der Waals surface area contributed by atoms with Gasteiger partial charge in [-0.25, -0.2) is 4.39 Å². The van der Waals surface area contributed by atoms with Gasteiger partial charge in [0.15, 0.2) is 11.6 Å². The third-order valence-corrected chi connectivity index (χ3v) is 2.95. The molecule has 0 radical (unpaired) electrons. The molecule has 0 aliphatic carbocycles. The zero-order chi connectivity index (χ0) is 13.2. The Balaban J connectivity index is 2.06. The van der Waals surface area contributed by atoms with Crippen molar-refractivity contribution in [1.82, 2.24) is 4.98 Å². The number of ether oxygens (including phenoxy) is 1. The Morgan fingerprint density at radius 2 is 1.95 bits per heavy atom. The van der Waals surface area contributed by atoms with E-state index in [1.54, 1.807) is 18.5 Å². The van der Waals surface area contributed by atoms with Gasteiger partial charge in [-0.3, -0.25) is 4.98 Å². The summed E-state index contributed by atoms with van der Waals surface area (Å²) in [7, 11) is 0. The topological polar surface area (TPSA) is 22.1 Å². The summed E-state index contributed by atoms with van der Waals surface area (Å²) in [5, 5.41) is 1.88. The van der Waals surface area contributed by atoms with E-state index in [9.17, 15) is 4.39 Å². The zero-order valence-electron chi connectivity index (χ0n) is 10.4. The van der Waals surface area contributed by atoms with Gasteiger partial charge in [-0.1, -0.05) is 18.2 Å². The van der Waals surface area contributed by atoms with Crippen LogP contribution in [0, 0.1) is 12.7 Å². The summed E-state index contributed by atoms with van der Waals surface area (Å²) in [6.07, 6.45) is 3.45. The van der Waals surface area contributed by atoms with E-state index < -0.39 is 0 Å². The van der Waals surface area contributed by atoms with E-state index in [1.807, 2.05) is 37.3 Å². The summed E-state index contributed by atoms with van der Waals surface area (Å²) >= 11 is 0. The number of hydrogen-bond donors (Lipinski definition) is 0. The maximum Gasteiger partial charge on any atom is 0.165 e. The van der Waals surface area contributed by atoms with Gasteiger partial charge >= 0.3 is 0 Å². The molecule has 2 nitrogen and oxygen atoms in total. The van der Waals surface area contributed by atoms with Crippen molar-refractivity contribution in [2.75, 3.05) is 0 Å². The monoisotopic (exact) mass is 253 g/mol. The Kier molecular flexibility index (Phi) is 2.88. The van der Waals surface area contributed by atoms with Crippen LogP contribution in [0.25, 0.3) is 10.8 Å². The highest BCUT2D eigenvalue weighted by molar-refractivity contribution is 5.87. The van der Waals surface area contributed by atoms with Gasteiger partial charge in [0.1, 0.15) is 5.75 Å². The lowest BCUT2D eigenvalue weighted by molar-refractivity contribution is 0.446. The predicted molar refractivity (Wildman–Crippen MR) is 73.0 cm³/mol. The lowest BCUT2D eigenvalue weighted by atomic mass is 10.1. The van der Waals surface area contributed by atoms with Gasteiger partial charge in [-0.2, -0.15) is 0 Å². The molecule has 0 atom stereocenters. The molecule has 0 spiro atoms. The van der Waals surface area contributed by atoms with Gasteiger partial charge in [-0.15, -0.1) is 0 Å². The van der Waals surface area contributed by atoms with Gasteiger partial charge in [0.05, 0.1) is 0 Å². The van der Waals surface area contributed by atoms with Crippen LogP contribution >= 0.6 is 0 Å². The van der Waals surface area contributed by atoms with Gasteiger partial charge in [0, 0.05) is 23.2 Å². The van der Waals surface area contributed by atoms with Crippen LogP contribution in [0.4, 0.5) is 4.39 Å². The number of nitrogens with zero attached hydrogens (tertiary/aromatic N) is 1. The van der Waals surface area contributed by atoms with E-state index in [1.165, 1.54) is 6.07 Å². The van der Waals surface area contributed by atoms with E-state index in [2.05, 4.69) is 4.98 Å². The Labute approximate surface area is 110 Å². The summed E-state index contributed by atoms with van der Waals surface area (Å²) in [6.45, 7) is 1.84. The molecule has 94 valence electrons. The van der Waals surface area contributed by atoms with Crippen LogP contribution in [-0.2, 0) is 0 Å². The number of benzene rings is 2. The average molecular weight is 253 g/mol. The van der Waals surface area contributed by atoms with E-state index in [0.717, 1.165) is 16.3 Å². The minimum Gasteiger partial charge on any atom is -0.454 e. The summed E-state index contributed by atoms with van der Waals surface area (Å²) in [5.74, 6) is 0.503. The van der Waals surface area contributed by atoms with Gasteiger partial charge in [0.25, 0.3) is 0 Å². The summed E-state index contributed by atoms with van der Waals surface area (Å²) in [4.78, 5) is 4.06. The molecule has 1 heterocycles. The molecule has 2 aromatic carbocycles. The van der Waals surface area contributed by atoms with Crippen molar-refractivity contribution >= 4 is 10.8 Å². The quantitative estimate of drug-likeness (QED) is 0.672. The second-order valence-electron chi connectivity index (χ2n) is 4.39. The Morgan fingerprint density at radius 3 is 2.79 bits per heavy atom. The van der Waals surface area contributed by atoms with Crippen LogP contribution in [0.1, 0.15) is 5.56 Å². The lowest BCUT2D eigenvalue weighted by Crippen LogP contribution is -1.90. The van der Waals surface area contributed by atoms with Gasteiger partial charge in [-0.05, 0) is 36.8 Å². The number of fused-ring (bicyclic) bond motifs is 1. The maximum absolute atomic E-state index is 13.8. The molecule has 19 heavy (non-hydrogen) atoms. The predicted octanol–water partition coefficient (Wildman–Crippen LogP) is 4.47. The van der Waals surface area contributed by atoms with Crippen LogP contribution < -0.4 is 4.74 Å². The van der Waals surface area contributed by atoms with Crippen molar-refractivity contribution in [3.63, 3.8) is 0 Å². The minimum absolute atomic E-state index is 0.231. The molecular weight excluding hydrogens is 241 g/mol. The Bertz CT molecular complexity index is 734. The van der Waals surface area contributed by atoms with Crippen LogP contribution in [0.15, 0.2) is 54.9 Å². The van der Waals surface area contributed by atoms with E-state index >= 15 is 0 Å². The highest BCUT2D eigenvalue weighted by Gasteiger charge is 2.07. The van der Waals surface area contributed by atoms with Crippen molar-refractivity contribution in [3.8, 4) is 11.5 Å². The summed E-state index contributed by atoms with van der Waals surface area (Å²) in [5.41, 5.74) is 0.868. The van der Waals surface area contributed by atoms with Crippen molar-refractivity contribution in [2.24, 2.45) is 0 Å². The fourth-order valence-corrected chi connectivity index (χ4v) is 1.99. The minimum atomic E-state index is -0.356. The molecule has 3 aromatic rings. The fraction of sp³-hybridized carbons (Fsp3) is 0.0625. The lowest BCUT2D eigenvalue weighted by Gasteiger charge is -2.09. The Morgan fingerprint density at radius 1 is 1.05 bits per heavy atom. The SMILES string of the molecule is Cc1ccc(Oc2cccc3cnccc23)c(F)c1. The molecule has 0 fully saturated rings. The van der Waals surface area contributed by atoms with Crippen LogP contribution in [0.5, 0.6) is 11.5 Å². The molecule has 1 aromatic heterocycles. The van der Waals surface area contributed by atoms with Crippen LogP contribution in [0.3, 0.4) is 0 Å². The second kappa shape index (κ2) is 4.69. The van der Waals surface area contributed by atoms with Crippen molar-refractivity contribution in [3.05, 3.63) is 66.2 Å². The first-order valence-corrected chi connectivity index (χ1v) is 6.01.